The minimum Gasteiger partial charge on any atom is -0.493 e. The van der Waals surface area contributed by atoms with Gasteiger partial charge in [0.2, 0.25) is 11.2 Å². The molecule has 0 bridgehead atoms. The van der Waals surface area contributed by atoms with Crippen molar-refractivity contribution in [2.24, 2.45) is 0 Å². The van der Waals surface area contributed by atoms with Gasteiger partial charge in [-0.05, 0) is 5.56 Å². The summed E-state index contributed by atoms with van der Waals surface area (Å²) in [5.74, 6) is 1.10. The second-order valence-electron chi connectivity index (χ2n) is 4.86. The third kappa shape index (κ3) is 2.40. The first-order chi connectivity index (χ1) is 11.2. The Hall–Kier alpha value is -2.95. The lowest BCUT2D eigenvalue weighted by Gasteiger charge is -2.14. The highest BCUT2D eigenvalue weighted by Crippen LogP contribution is 2.42. The number of fused-ring (bicyclic) bond motifs is 1. The molecule has 0 atom stereocenters. The van der Waals surface area contributed by atoms with Gasteiger partial charge in [0.25, 0.3) is 0 Å². The lowest BCUT2D eigenvalue weighted by molar-refractivity contribution is 0.326. The van der Waals surface area contributed by atoms with E-state index < -0.39 is 0 Å². The van der Waals surface area contributed by atoms with Crippen LogP contribution in [0.1, 0.15) is 0 Å². The average molecular weight is 312 g/mol. The lowest BCUT2D eigenvalue weighted by Crippen LogP contribution is -2.08. The van der Waals surface area contributed by atoms with Crippen molar-refractivity contribution in [3.05, 3.63) is 52.9 Å². The fraction of sp³-hybridized carbons (Fsp3) is 0.167. The number of benzene rings is 2. The molecule has 118 valence electrons. The van der Waals surface area contributed by atoms with E-state index in [9.17, 15) is 4.79 Å². The van der Waals surface area contributed by atoms with Crippen molar-refractivity contribution in [2.75, 3.05) is 21.3 Å². The van der Waals surface area contributed by atoms with Gasteiger partial charge in [-0.3, -0.25) is 4.79 Å². The molecule has 0 spiro atoms. The molecule has 0 radical (unpaired) electrons. The topological polar surface area (TPSA) is 57.9 Å². The second kappa shape index (κ2) is 6.04. The predicted octanol–water partition coefficient (Wildman–Crippen LogP) is 3.49. The maximum Gasteiger partial charge on any atom is 0.204 e. The van der Waals surface area contributed by atoms with Crippen molar-refractivity contribution in [1.29, 1.82) is 0 Å². The standard InChI is InChI=1S/C18H16O5/c1-20-14-9-13-15(18(22-3)17(14)21-2)16(19)12(10-23-13)11-7-5-4-6-8-11/h4-10H,1-3H3. The monoisotopic (exact) mass is 312 g/mol. The largest absolute Gasteiger partial charge is 0.493 e. The molecule has 5 heteroatoms. The van der Waals surface area contributed by atoms with Crippen molar-refractivity contribution in [3.8, 4) is 28.4 Å². The molecule has 23 heavy (non-hydrogen) atoms. The van der Waals surface area contributed by atoms with E-state index in [0.717, 1.165) is 5.56 Å². The minimum absolute atomic E-state index is 0.185. The fourth-order valence-corrected chi connectivity index (χ4v) is 2.57. The highest BCUT2D eigenvalue weighted by atomic mass is 16.5. The molecular weight excluding hydrogens is 296 g/mol. The van der Waals surface area contributed by atoms with Crippen LogP contribution < -0.4 is 19.6 Å². The van der Waals surface area contributed by atoms with Gasteiger partial charge >= 0.3 is 0 Å². The molecule has 0 amide bonds. The summed E-state index contributed by atoms with van der Waals surface area (Å²) in [6, 6.07) is 10.9. The fourth-order valence-electron chi connectivity index (χ4n) is 2.57. The van der Waals surface area contributed by atoms with E-state index in [2.05, 4.69) is 0 Å². The average Bonchev–Trinajstić information content (AvgIpc) is 2.61. The van der Waals surface area contributed by atoms with E-state index >= 15 is 0 Å². The van der Waals surface area contributed by atoms with Crippen LogP contribution in [0, 0.1) is 0 Å². The quantitative estimate of drug-likeness (QED) is 0.738. The van der Waals surface area contributed by atoms with Gasteiger partial charge in [-0.15, -0.1) is 0 Å². The number of ether oxygens (including phenoxy) is 3. The van der Waals surface area contributed by atoms with Gasteiger partial charge < -0.3 is 18.6 Å². The zero-order chi connectivity index (χ0) is 16.4. The Morgan fingerprint density at radius 2 is 1.61 bits per heavy atom. The molecule has 0 N–H and O–H groups in total. The van der Waals surface area contributed by atoms with Gasteiger partial charge in [0.05, 0.1) is 26.9 Å². The molecule has 0 saturated heterocycles. The van der Waals surface area contributed by atoms with Crippen molar-refractivity contribution in [3.63, 3.8) is 0 Å². The minimum atomic E-state index is -0.185. The first kappa shape index (κ1) is 15.0. The van der Waals surface area contributed by atoms with Crippen LogP contribution in [0.4, 0.5) is 0 Å². The summed E-state index contributed by atoms with van der Waals surface area (Å²) in [7, 11) is 4.49. The van der Waals surface area contributed by atoms with E-state index in [1.807, 2.05) is 30.3 Å². The SMILES string of the molecule is COc1cc2occ(-c3ccccc3)c(=O)c2c(OC)c1OC. The summed E-state index contributed by atoms with van der Waals surface area (Å²) in [4.78, 5) is 12.9. The van der Waals surface area contributed by atoms with E-state index in [1.54, 1.807) is 6.07 Å². The Morgan fingerprint density at radius 1 is 0.913 bits per heavy atom. The molecule has 1 aromatic heterocycles. The van der Waals surface area contributed by atoms with Crippen LogP contribution in [-0.2, 0) is 0 Å². The number of hydrogen-bond donors (Lipinski definition) is 0. The Balaban J connectivity index is 2.39. The maximum atomic E-state index is 12.9. The first-order valence-electron chi connectivity index (χ1n) is 7.01. The third-order valence-corrected chi connectivity index (χ3v) is 3.65. The molecule has 1 heterocycles. The molecule has 3 aromatic rings. The van der Waals surface area contributed by atoms with E-state index in [4.69, 9.17) is 18.6 Å². The van der Waals surface area contributed by atoms with Crippen LogP contribution in [0.15, 0.2) is 51.9 Å². The highest BCUT2D eigenvalue weighted by molar-refractivity contribution is 5.91. The molecule has 2 aromatic carbocycles. The molecule has 0 aliphatic rings. The molecule has 0 aliphatic carbocycles. The Kier molecular flexibility index (Phi) is 3.93. The molecule has 0 saturated carbocycles. The second-order valence-corrected chi connectivity index (χ2v) is 4.86. The van der Waals surface area contributed by atoms with E-state index in [1.165, 1.54) is 27.6 Å². The van der Waals surface area contributed by atoms with Crippen LogP contribution in [0.25, 0.3) is 22.1 Å². The van der Waals surface area contributed by atoms with Gasteiger partial charge in [-0.25, -0.2) is 0 Å². The summed E-state index contributed by atoms with van der Waals surface area (Å²) >= 11 is 0. The van der Waals surface area contributed by atoms with E-state index in [0.29, 0.717) is 33.8 Å². The van der Waals surface area contributed by atoms with Gasteiger partial charge in [-0.1, -0.05) is 30.3 Å². The normalized spacial score (nSPS) is 10.6. The zero-order valence-electron chi connectivity index (χ0n) is 13.1. The summed E-state index contributed by atoms with van der Waals surface area (Å²) in [5.41, 5.74) is 1.43. The molecule has 0 unspecified atom stereocenters. The number of hydrogen-bond acceptors (Lipinski definition) is 5. The van der Waals surface area contributed by atoms with Crippen LogP contribution >= 0.6 is 0 Å². The Bertz CT molecular complexity index is 897. The first-order valence-corrected chi connectivity index (χ1v) is 7.01. The highest BCUT2D eigenvalue weighted by Gasteiger charge is 2.21. The molecule has 0 aliphatic heterocycles. The molecular formula is C18H16O5. The smallest absolute Gasteiger partial charge is 0.204 e. The predicted molar refractivity (Wildman–Crippen MR) is 87.6 cm³/mol. The van der Waals surface area contributed by atoms with Crippen LogP contribution in [-0.4, -0.2) is 21.3 Å². The van der Waals surface area contributed by atoms with Gasteiger partial charge in [-0.2, -0.15) is 0 Å². The molecule has 0 fully saturated rings. The van der Waals surface area contributed by atoms with Gasteiger partial charge in [0, 0.05) is 6.07 Å². The maximum absolute atomic E-state index is 12.9. The van der Waals surface area contributed by atoms with E-state index in [-0.39, 0.29) is 5.43 Å². The van der Waals surface area contributed by atoms with Gasteiger partial charge in [0.15, 0.2) is 11.5 Å². The number of methoxy groups -OCH3 is 3. The van der Waals surface area contributed by atoms with Crippen molar-refractivity contribution < 1.29 is 18.6 Å². The third-order valence-electron chi connectivity index (χ3n) is 3.65. The van der Waals surface area contributed by atoms with Crippen LogP contribution in [0.3, 0.4) is 0 Å². The zero-order valence-corrected chi connectivity index (χ0v) is 13.1. The summed E-state index contributed by atoms with van der Waals surface area (Å²) in [5, 5.41) is 0.325. The Morgan fingerprint density at radius 3 is 2.22 bits per heavy atom. The number of rotatable bonds is 4. The van der Waals surface area contributed by atoms with Gasteiger partial charge in [0.1, 0.15) is 17.2 Å². The molecule has 5 nitrogen and oxygen atoms in total. The van der Waals surface area contributed by atoms with Crippen LogP contribution in [0.5, 0.6) is 17.2 Å². The summed E-state index contributed by atoms with van der Waals surface area (Å²) in [6.45, 7) is 0. The van der Waals surface area contributed by atoms with Crippen LogP contribution in [0.2, 0.25) is 0 Å². The summed E-state index contributed by atoms with van der Waals surface area (Å²) in [6.07, 6.45) is 1.45. The van der Waals surface area contributed by atoms with Crippen molar-refractivity contribution in [1.82, 2.24) is 0 Å². The van der Waals surface area contributed by atoms with Crippen molar-refractivity contribution in [2.45, 2.75) is 0 Å². The molecule has 3 rings (SSSR count). The summed E-state index contributed by atoms with van der Waals surface area (Å²) < 4.78 is 21.7. The lowest BCUT2D eigenvalue weighted by atomic mass is 10.0. The Labute approximate surface area is 133 Å². The van der Waals surface area contributed by atoms with Crippen molar-refractivity contribution >= 4 is 11.0 Å².